The highest BCUT2D eigenvalue weighted by Gasteiger charge is 2.16. The number of ether oxygens (including phenoxy) is 2. The molecule has 0 heterocycles. The van der Waals surface area contributed by atoms with Crippen LogP contribution < -0.4 is 25.5 Å². The molecule has 37 heavy (non-hydrogen) atoms. The first kappa shape index (κ1) is 27.2. The topological polar surface area (TPSA) is 118 Å². The number of carbonyl (C=O) groups excluding carboxylic acids is 3. The molecular formula is C27H27ClN4O5. The number of benzene rings is 3. The third-order valence-corrected chi connectivity index (χ3v) is 5.52. The smallest absolute Gasteiger partial charge is 0.329 e. The van der Waals surface area contributed by atoms with Crippen LogP contribution in [0.4, 0.5) is 11.4 Å². The molecule has 0 saturated heterocycles. The molecule has 0 bridgehead atoms. The van der Waals surface area contributed by atoms with Gasteiger partial charge in [-0.05, 0) is 61.7 Å². The summed E-state index contributed by atoms with van der Waals surface area (Å²) >= 11 is 6.34. The summed E-state index contributed by atoms with van der Waals surface area (Å²) in [6, 6.07) is 16.0. The predicted octanol–water partition coefficient (Wildman–Crippen LogP) is 4.38. The van der Waals surface area contributed by atoms with E-state index in [0.717, 1.165) is 16.7 Å². The number of hydrogen-bond acceptors (Lipinski definition) is 6. The van der Waals surface area contributed by atoms with Gasteiger partial charge in [0, 0.05) is 11.4 Å². The molecule has 0 aliphatic heterocycles. The molecule has 9 nitrogen and oxygen atoms in total. The quantitative estimate of drug-likeness (QED) is 0.230. The number of aryl methyl sites for hydroxylation is 3. The van der Waals surface area contributed by atoms with Crippen LogP contribution in [0.5, 0.6) is 11.5 Å². The summed E-state index contributed by atoms with van der Waals surface area (Å²) in [5.74, 6) is -1.71. The van der Waals surface area contributed by atoms with Crippen LogP contribution >= 0.6 is 11.6 Å². The summed E-state index contributed by atoms with van der Waals surface area (Å²) in [5.41, 5.74) is 6.61. The second kappa shape index (κ2) is 12.5. The van der Waals surface area contributed by atoms with E-state index in [4.69, 9.17) is 21.1 Å². The molecule has 3 aromatic carbocycles. The van der Waals surface area contributed by atoms with Crippen molar-refractivity contribution in [3.05, 3.63) is 81.9 Å². The molecule has 192 valence electrons. The lowest BCUT2D eigenvalue weighted by atomic mass is 10.1. The zero-order valence-corrected chi connectivity index (χ0v) is 21.6. The fraction of sp³-hybridized carbons (Fsp3) is 0.185. The lowest BCUT2D eigenvalue weighted by Crippen LogP contribution is -2.32. The molecule has 0 fully saturated rings. The van der Waals surface area contributed by atoms with Gasteiger partial charge in [0.25, 0.3) is 5.91 Å². The predicted molar refractivity (Wildman–Crippen MR) is 144 cm³/mol. The molecule has 0 aliphatic carbocycles. The fourth-order valence-electron chi connectivity index (χ4n) is 3.32. The van der Waals surface area contributed by atoms with Gasteiger partial charge in [0.2, 0.25) is 0 Å². The van der Waals surface area contributed by atoms with Crippen molar-refractivity contribution in [3.8, 4) is 11.5 Å². The molecule has 3 rings (SSSR count). The maximum Gasteiger partial charge on any atom is 0.329 e. The van der Waals surface area contributed by atoms with Crippen LogP contribution in [0.2, 0.25) is 5.02 Å². The lowest BCUT2D eigenvalue weighted by molar-refractivity contribution is -0.136. The van der Waals surface area contributed by atoms with Crippen LogP contribution in [0.15, 0.2) is 59.7 Å². The average molecular weight is 523 g/mol. The Morgan fingerprint density at radius 2 is 1.62 bits per heavy atom. The van der Waals surface area contributed by atoms with E-state index in [0.29, 0.717) is 16.9 Å². The van der Waals surface area contributed by atoms with Gasteiger partial charge in [0.15, 0.2) is 18.1 Å². The maximum absolute atomic E-state index is 12.2. The molecule has 3 aromatic rings. The van der Waals surface area contributed by atoms with E-state index in [1.165, 1.54) is 19.4 Å². The van der Waals surface area contributed by atoms with Crippen molar-refractivity contribution in [3.63, 3.8) is 0 Å². The van der Waals surface area contributed by atoms with E-state index < -0.39 is 11.8 Å². The van der Waals surface area contributed by atoms with Crippen molar-refractivity contribution in [2.24, 2.45) is 5.10 Å². The van der Waals surface area contributed by atoms with E-state index in [1.54, 1.807) is 18.2 Å². The van der Waals surface area contributed by atoms with E-state index >= 15 is 0 Å². The molecule has 0 unspecified atom stereocenters. The molecule has 0 radical (unpaired) electrons. The maximum atomic E-state index is 12.2. The van der Waals surface area contributed by atoms with Crippen molar-refractivity contribution >= 4 is 46.9 Å². The minimum atomic E-state index is -0.934. The molecule has 0 spiro atoms. The largest absolute Gasteiger partial charge is 0.493 e. The number of hydrazone groups is 1. The standard InChI is InChI=1S/C27H27ClN4O5/c1-16-8-10-20(11-9-16)30-23(33)15-37-25-21(28)12-19(13-22(25)36-4)14-29-32-27(35)26(34)31-24-17(2)6-5-7-18(24)3/h5-14H,15H2,1-4H3,(H,30,33)(H,31,34)(H,32,35)/b29-14-. The second-order valence-electron chi connectivity index (χ2n) is 8.16. The Balaban J connectivity index is 1.59. The van der Waals surface area contributed by atoms with E-state index in [-0.39, 0.29) is 29.0 Å². The Labute approximate surface area is 219 Å². The number of rotatable bonds is 8. The Bertz CT molecular complexity index is 1320. The van der Waals surface area contributed by atoms with E-state index in [9.17, 15) is 14.4 Å². The van der Waals surface area contributed by atoms with Gasteiger partial charge in [-0.1, -0.05) is 47.5 Å². The van der Waals surface area contributed by atoms with Crippen LogP contribution in [0.1, 0.15) is 22.3 Å². The molecule has 10 heteroatoms. The Kier molecular flexibility index (Phi) is 9.23. The Morgan fingerprint density at radius 3 is 2.27 bits per heavy atom. The summed E-state index contributed by atoms with van der Waals surface area (Å²) < 4.78 is 10.9. The monoisotopic (exact) mass is 522 g/mol. The number of nitrogens with one attached hydrogen (secondary N) is 3. The van der Waals surface area contributed by atoms with E-state index in [2.05, 4.69) is 21.2 Å². The summed E-state index contributed by atoms with van der Waals surface area (Å²) in [6.45, 7) is 5.33. The lowest BCUT2D eigenvalue weighted by Gasteiger charge is -2.13. The summed E-state index contributed by atoms with van der Waals surface area (Å²) in [5, 5.41) is 9.31. The summed E-state index contributed by atoms with van der Waals surface area (Å²) in [6.07, 6.45) is 1.30. The van der Waals surface area contributed by atoms with Crippen molar-refractivity contribution in [1.82, 2.24) is 5.43 Å². The Morgan fingerprint density at radius 1 is 0.946 bits per heavy atom. The van der Waals surface area contributed by atoms with Crippen molar-refractivity contribution in [1.29, 1.82) is 0 Å². The minimum Gasteiger partial charge on any atom is -0.493 e. The van der Waals surface area contributed by atoms with Crippen molar-refractivity contribution in [2.75, 3.05) is 24.4 Å². The molecular weight excluding hydrogens is 496 g/mol. The van der Waals surface area contributed by atoms with Gasteiger partial charge in [-0.15, -0.1) is 0 Å². The first-order chi connectivity index (χ1) is 17.7. The third-order valence-electron chi connectivity index (χ3n) is 5.24. The molecule has 0 aliphatic rings. The number of anilines is 2. The first-order valence-electron chi connectivity index (χ1n) is 11.3. The molecule has 0 aromatic heterocycles. The highest BCUT2D eigenvalue weighted by atomic mass is 35.5. The van der Waals surface area contributed by atoms with Crippen molar-refractivity contribution < 1.29 is 23.9 Å². The summed E-state index contributed by atoms with van der Waals surface area (Å²) in [7, 11) is 1.42. The van der Waals surface area contributed by atoms with Crippen LogP contribution in [-0.2, 0) is 14.4 Å². The second-order valence-corrected chi connectivity index (χ2v) is 8.56. The number of halogens is 1. The number of carbonyl (C=O) groups is 3. The van der Waals surface area contributed by atoms with Crippen LogP contribution in [0.3, 0.4) is 0 Å². The number of nitrogens with zero attached hydrogens (tertiary/aromatic N) is 1. The number of methoxy groups -OCH3 is 1. The molecule has 3 N–H and O–H groups in total. The zero-order chi connectivity index (χ0) is 26.9. The first-order valence-corrected chi connectivity index (χ1v) is 11.6. The van der Waals surface area contributed by atoms with Crippen LogP contribution in [0, 0.1) is 20.8 Å². The normalized spacial score (nSPS) is 10.6. The molecule has 0 atom stereocenters. The van der Waals surface area contributed by atoms with Gasteiger partial charge in [-0.2, -0.15) is 5.10 Å². The average Bonchev–Trinajstić information content (AvgIpc) is 2.86. The van der Waals surface area contributed by atoms with Gasteiger partial charge >= 0.3 is 11.8 Å². The van der Waals surface area contributed by atoms with E-state index in [1.807, 2.05) is 51.1 Å². The highest BCUT2D eigenvalue weighted by molar-refractivity contribution is 6.39. The Hall–Kier alpha value is -4.37. The van der Waals surface area contributed by atoms with Gasteiger partial charge < -0.3 is 20.1 Å². The van der Waals surface area contributed by atoms with Crippen molar-refractivity contribution in [2.45, 2.75) is 20.8 Å². The number of hydrogen-bond donors (Lipinski definition) is 3. The number of amides is 3. The summed E-state index contributed by atoms with van der Waals surface area (Å²) in [4.78, 5) is 36.6. The molecule has 3 amide bonds. The van der Waals surface area contributed by atoms with Gasteiger partial charge in [0.05, 0.1) is 18.3 Å². The number of para-hydroxylation sites is 1. The highest BCUT2D eigenvalue weighted by Crippen LogP contribution is 2.36. The van der Waals surface area contributed by atoms with Crippen LogP contribution in [0.25, 0.3) is 0 Å². The molecule has 0 saturated carbocycles. The van der Waals surface area contributed by atoms with Gasteiger partial charge in [-0.25, -0.2) is 5.43 Å². The zero-order valence-electron chi connectivity index (χ0n) is 20.8. The third kappa shape index (κ3) is 7.55. The van der Waals surface area contributed by atoms with Gasteiger partial charge in [0.1, 0.15) is 0 Å². The minimum absolute atomic E-state index is 0.169. The van der Waals surface area contributed by atoms with Crippen LogP contribution in [-0.4, -0.2) is 37.7 Å². The fourth-order valence-corrected chi connectivity index (χ4v) is 3.60. The van der Waals surface area contributed by atoms with Gasteiger partial charge in [-0.3, -0.25) is 14.4 Å². The SMILES string of the molecule is COc1cc(/C=N\NC(=O)C(=O)Nc2c(C)cccc2C)cc(Cl)c1OCC(=O)Nc1ccc(C)cc1.